The average molecular weight is 866 g/mol. The minimum Gasteiger partial charge on any atom is -0.480 e. The van der Waals surface area contributed by atoms with Crippen molar-refractivity contribution in [2.45, 2.75) is 205 Å². The van der Waals surface area contributed by atoms with Crippen LogP contribution in [0, 0.1) is 0 Å². The molecule has 4 N–H and O–H groups in total. The maximum atomic E-state index is 12.6. The van der Waals surface area contributed by atoms with E-state index < -0.39 is 51.1 Å². The second kappa shape index (κ2) is 42.9. The number of aliphatic carboxylic acids is 1. The number of phosphoric ester groups is 1. The smallest absolute Gasteiger partial charge is 0.472 e. The fourth-order valence-electron chi connectivity index (χ4n) is 6.21. The summed E-state index contributed by atoms with van der Waals surface area (Å²) in [5.41, 5.74) is 5.33. The molecule has 0 saturated carbocycles. The van der Waals surface area contributed by atoms with E-state index in [0.717, 1.165) is 44.9 Å². The number of hydrogen-bond donors (Lipinski definition) is 3. The van der Waals surface area contributed by atoms with Crippen molar-refractivity contribution in [2.24, 2.45) is 5.73 Å². The average Bonchev–Trinajstić information content (AvgIpc) is 3.22. The Hall–Kier alpha value is -2.82. The SMILES string of the molecule is C=CCCCCCCCCCCCCCCCC(=O)OC[C@@H](COP(=O)(O)OC[C@H](N)C(=O)O)OC(=O)CCC/C=C/C/C=C/C/C=C/C/C=C/CCCCCCCCC. The molecule has 0 fully saturated rings. The van der Waals surface area contributed by atoms with E-state index in [4.69, 9.17) is 24.8 Å². The number of hydrogen-bond acceptors (Lipinski definition) is 9. The largest absolute Gasteiger partial charge is 0.480 e. The molecule has 0 aliphatic heterocycles. The molecule has 346 valence electrons. The summed E-state index contributed by atoms with van der Waals surface area (Å²) in [6.45, 7) is 4.27. The van der Waals surface area contributed by atoms with Crippen LogP contribution >= 0.6 is 7.82 Å². The van der Waals surface area contributed by atoms with Crippen molar-refractivity contribution in [2.75, 3.05) is 19.8 Å². The summed E-state index contributed by atoms with van der Waals surface area (Å²) in [5, 5.41) is 8.90. The molecule has 0 rings (SSSR count). The van der Waals surface area contributed by atoms with E-state index in [1.165, 1.54) is 109 Å². The number of carboxylic acid groups (broad SMARTS) is 1. The zero-order chi connectivity index (χ0) is 44.2. The number of phosphoric acid groups is 1. The molecular weight excluding hydrogens is 781 g/mol. The van der Waals surface area contributed by atoms with E-state index in [1.54, 1.807) is 0 Å². The van der Waals surface area contributed by atoms with E-state index in [1.807, 2.05) is 18.2 Å². The second-order valence-electron chi connectivity index (χ2n) is 15.6. The highest BCUT2D eigenvalue weighted by atomic mass is 31.2. The standard InChI is InChI=1S/C48H84NO10P/c1-3-5-7-9-11-13-15-17-19-20-21-22-23-24-26-28-30-32-34-36-38-40-47(51)59-44(42-57-60(54,55)58-43-45(49)48(52)53)41-56-46(50)39-37-35-33-31-29-27-25-18-16-14-12-10-8-6-4-2/h4,19-20,22-23,26,28,32,34,44-45H,2-3,5-18,21,24-25,27,29-31,33,35-43,49H2,1H3,(H,52,53)(H,54,55)/b20-19+,23-22+,28-26+,34-32+/t44-,45-/m0/s1. The van der Waals surface area contributed by atoms with Crippen molar-refractivity contribution in [1.82, 2.24) is 0 Å². The Morgan fingerprint density at radius 3 is 1.48 bits per heavy atom. The number of esters is 2. The van der Waals surface area contributed by atoms with E-state index in [0.29, 0.717) is 19.3 Å². The number of rotatable bonds is 44. The topological polar surface area (TPSA) is 172 Å². The number of allylic oxidation sites excluding steroid dienone is 9. The molecule has 0 aromatic heterocycles. The molecule has 1 unspecified atom stereocenters. The lowest BCUT2D eigenvalue weighted by atomic mass is 10.0. The first-order valence-corrected chi connectivity index (χ1v) is 24.8. The highest BCUT2D eigenvalue weighted by Gasteiger charge is 2.28. The number of carbonyl (C=O) groups is 3. The molecule has 0 aliphatic rings. The molecule has 0 aromatic rings. The van der Waals surface area contributed by atoms with Crippen LogP contribution in [0.5, 0.6) is 0 Å². The summed E-state index contributed by atoms with van der Waals surface area (Å²) in [6, 6.07) is -1.53. The number of carbonyl (C=O) groups excluding carboxylic acids is 2. The first-order valence-electron chi connectivity index (χ1n) is 23.3. The number of unbranched alkanes of at least 4 members (excludes halogenated alkanes) is 21. The van der Waals surface area contributed by atoms with Gasteiger partial charge in [0, 0.05) is 12.8 Å². The van der Waals surface area contributed by atoms with E-state index in [-0.39, 0.29) is 19.4 Å². The van der Waals surface area contributed by atoms with Crippen LogP contribution < -0.4 is 5.73 Å². The number of carboxylic acids is 1. The summed E-state index contributed by atoms with van der Waals surface area (Å²) < 4.78 is 32.7. The molecule has 11 nitrogen and oxygen atoms in total. The minimum absolute atomic E-state index is 0.0834. The zero-order valence-electron chi connectivity index (χ0n) is 37.4. The summed E-state index contributed by atoms with van der Waals surface area (Å²) in [4.78, 5) is 46.0. The maximum absolute atomic E-state index is 12.6. The van der Waals surface area contributed by atoms with Gasteiger partial charge >= 0.3 is 25.7 Å². The molecule has 3 atom stereocenters. The van der Waals surface area contributed by atoms with E-state index >= 15 is 0 Å². The Morgan fingerprint density at radius 2 is 0.983 bits per heavy atom. The normalized spacial score (nSPS) is 14.0. The van der Waals surface area contributed by atoms with E-state index in [2.05, 4.69) is 54.5 Å². The molecule has 12 heteroatoms. The highest BCUT2D eigenvalue weighted by molar-refractivity contribution is 7.47. The van der Waals surface area contributed by atoms with Crippen LogP contribution in [0.3, 0.4) is 0 Å². The monoisotopic (exact) mass is 866 g/mol. The molecule has 0 aromatic carbocycles. The van der Waals surface area contributed by atoms with Gasteiger partial charge in [-0.1, -0.05) is 171 Å². The van der Waals surface area contributed by atoms with Gasteiger partial charge in [0.1, 0.15) is 12.6 Å². The van der Waals surface area contributed by atoms with Crippen LogP contribution in [-0.2, 0) is 37.5 Å². The van der Waals surface area contributed by atoms with Gasteiger partial charge in [-0.15, -0.1) is 6.58 Å². The first kappa shape index (κ1) is 57.2. The van der Waals surface area contributed by atoms with Gasteiger partial charge < -0.3 is 25.2 Å². The summed E-state index contributed by atoms with van der Waals surface area (Å²) in [7, 11) is -4.74. The Morgan fingerprint density at radius 1 is 0.567 bits per heavy atom. The van der Waals surface area contributed by atoms with Gasteiger partial charge in [-0.3, -0.25) is 23.4 Å². The van der Waals surface area contributed by atoms with Crippen molar-refractivity contribution in [3.8, 4) is 0 Å². The summed E-state index contributed by atoms with van der Waals surface area (Å²) >= 11 is 0. The van der Waals surface area contributed by atoms with Crippen LogP contribution in [0.2, 0.25) is 0 Å². The summed E-state index contributed by atoms with van der Waals surface area (Å²) in [6.07, 6.45) is 49.0. The predicted octanol–water partition coefficient (Wildman–Crippen LogP) is 12.7. The lowest BCUT2D eigenvalue weighted by Gasteiger charge is -2.20. The van der Waals surface area contributed by atoms with E-state index in [9.17, 15) is 23.8 Å². The van der Waals surface area contributed by atoms with Crippen molar-refractivity contribution in [3.63, 3.8) is 0 Å². The Labute approximate surface area is 364 Å². The van der Waals surface area contributed by atoms with Crippen LogP contribution in [0.1, 0.15) is 193 Å². The Balaban J connectivity index is 4.41. The quantitative estimate of drug-likeness (QED) is 0.0230. The van der Waals surface area contributed by atoms with Gasteiger partial charge in [-0.05, 0) is 64.2 Å². The predicted molar refractivity (Wildman–Crippen MR) is 245 cm³/mol. The van der Waals surface area contributed by atoms with Gasteiger partial charge in [0.25, 0.3) is 0 Å². The van der Waals surface area contributed by atoms with Crippen molar-refractivity contribution in [3.05, 3.63) is 61.3 Å². The summed E-state index contributed by atoms with van der Waals surface area (Å²) in [5.74, 6) is -2.45. The van der Waals surface area contributed by atoms with Gasteiger partial charge in [-0.25, -0.2) is 4.57 Å². The van der Waals surface area contributed by atoms with Gasteiger partial charge in [0.05, 0.1) is 13.2 Å². The second-order valence-corrected chi connectivity index (χ2v) is 17.1. The molecule has 60 heavy (non-hydrogen) atoms. The minimum atomic E-state index is -4.74. The Kier molecular flexibility index (Phi) is 40.8. The van der Waals surface area contributed by atoms with Crippen LogP contribution in [0.25, 0.3) is 0 Å². The molecule has 0 bridgehead atoms. The van der Waals surface area contributed by atoms with Crippen molar-refractivity contribution >= 4 is 25.7 Å². The highest BCUT2D eigenvalue weighted by Crippen LogP contribution is 2.43. The molecule has 0 aliphatic carbocycles. The van der Waals surface area contributed by atoms with Gasteiger partial charge in [0.15, 0.2) is 6.10 Å². The van der Waals surface area contributed by atoms with Crippen LogP contribution in [0.15, 0.2) is 61.3 Å². The number of ether oxygens (including phenoxy) is 2. The van der Waals surface area contributed by atoms with Crippen molar-refractivity contribution < 1.29 is 47.5 Å². The third-order valence-corrected chi connectivity index (χ3v) is 10.8. The van der Waals surface area contributed by atoms with Crippen LogP contribution in [0.4, 0.5) is 0 Å². The third-order valence-electron chi connectivity index (χ3n) is 9.88. The lowest BCUT2D eigenvalue weighted by molar-refractivity contribution is -0.161. The zero-order valence-corrected chi connectivity index (χ0v) is 38.3. The molecule has 0 heterocycles. The van der Waals surface area contributed by atoms with Gasteiger partial charge in [0.2, 0.25) is 0 Å². The molecule has 0 spiro atoms. The molecule has 0 amide bonds. The fourth-order valence-corrected chi connectivity index (χ4v) is 6.99. The van der Waals surface area contributed by atoms with Gasteiger partial charge in [-0.2, -0.15) is 0 Å². The first-order chi connectivity index (χ1) is 29.1. The third kappa shape index (κ3) is 41.9. The Bertz CT molecular complexity index is 1230. The fraction of sp³-hybridized carbons (Fsp3) is 0.729. The maximum Gasteiger partial charge on any atom is 0.472 e. The molecule has 0 radical (unpaired) electrons. The molecular formula is C48H84NO10P. The lowest BCUT2D eigenvalue weighted by Crippen LogP contribution is -2.34. The van der Waals surface area contributed by atoms with Crippen molar-refractivity contribution in [1.29, 1.82) is 0 Å². The molecule has 0 saturated heterocycles. The van der Waals surface area contributed by atoms with Crippen LogP contribution in [-0.4, -0.2) is 59.9 Å². The number of nitrogens with two attached hydrogens (primary N) is 1.